The molecule has 1 aliphatic heterocycles. The van der Waals surface area contributed by atoms with Crippen LogP contribution in [0.5, 0.6) is 0 Å². The number of imidazole rings is 1. The predicted molar refractivity (Wildman–Crippen MR) is 79.7 cm³/mol. The highest BCUT2D eigenvalue weighted by Gasteiger charge is 2.40. The number of aromatic nitrogens is 5. The van der Waals surface area contributed by atoms with E-state index in [1.165, 1.54) is 0 Å². The standard InChI is InChI=1S/C15H12N6O2/c1-8-19-20-15(22-8)21-6-10-12(17-7-16-10)13(21)14-18-9-4-2-3-5-11(9)23-14/h2-5,7,13H,6H2,1H3,(H,16,17)/t13-/m0/s1. The minimum absolute atomic E-state index is 0.288. The molecule has 0 aliphatic carbocycles. The molecule has 1 atom stereocenters. The molecule has 8 nitrogen and oxygen atoms in total. The Hall–Kier alpha value is -3.16. The van der Waals surface area contributed by atoms with Crippen LogP contribution in [-0.2, 0) is 6.54 Å². The number of fused-ring (bicyclic) bond motifs is 2. The summed E-state index contributed by atoms with van der Waals surface area (Å²) < 4.78 is 11.5. The third-order valence-corrected chi connectivity index (χ3v) is 3.96. The third-order valence-electron chi connectivity index (χ3n) is 3.96. The van der Waals surface area contributed by atoms with Gasteiger partial charge in [0.15, 0.2) is 11.6 Å². The summed E-state index contributed by atoms with van der Waals surface area (Å²) in [6, 6.07) is 7.81. The second-order valence-electron chi connectivity index (χ2n) is 5.42. The molecule has 1 aliphatic rings. The fraction of sp³-hybridized carbons (Fsp3) is 0.200. The Kier molecular flexibility index (Phi) is 2.38. The van der Waals surface area contributed by atoms with E-state index in [-0.39, 0.29) is 6.04 Å². The van der Waals surface area contributed by atoms with Crippen LogP contribution in [0, 0.1) is 6.92 Å². The molecule has 4 heterocycles. The first-order valence-corrected chi connectivity index (χ1v) is 7.24. The lowest BCUT2D eigenvalue weighted by Gasteiger charge is -2.19. The van der Waals surface area contributed by atoms with Crippen LogP contribution < -0.4 is 4.90 Å². The van der Waals surface area contributed by atoms with Gasteiger partial charge in [0.2, 0.25) is 11.8 Å². The highest BCUT2D eigenvalue weighted by Crippen LogP contribution is 2.39. The van der Waals surface area contributed by atoms with E-state index in [1.54, 1.807) is 13.3 Å². The molecular formula is C15H12N6O2. The Morgan fingerprint density at radius 2 is 2.13 bits per heavy atom. The van der Waals surface area contributed by atoms with E-state index in [0.29, 0.717) is 24.3 Å². The highest BCUT2D eigenvalue weighted by atomic mass is 16.4. The van der Waals surface area contributed by atoms with E-state index in [1.807, 2.05) is 29.2 Å². The van der Waals surface area contributed by atoms with Gasteiger partial charge in [-0.2, -0.15) is 0 Å². The number of aryl methyl sites for hydroxylation is 1. The van der Waals surface area contributed by atoms with Crippen LogP contribution in [0.2, 0.25) is 0 Å². The first-order valence-electron chi connectivity index (χ1n) is 7.24. The molecule has 1 aromatic carbocycles. The van der Waals surface area contributed by atoms with Crippen molar-refractivity contribution >= 4 is 17.1 Å². The molecule has 0 saturated carbocycles. The van der Waals surface area contributed by atoms with Crippen molar-refractivity contribution in [2.75, 3.05) is 4.90 Å². The first kappa shape index (κ1) is 12.4. The van der Waals surface area contributed by atoms with Gasteiger partial charge in [-0.3, -0.25) is 0 Å². The molecule has 4 aromatic rings. The maximum Gasteiger partial charge on any atom is 0.319 e. The predicted octanol–water partition coefficient (Wildman–Crippen LogP) is 2.35. The Labute approximate surface area is 130 Å². The van der Waals surface area contributed by atoms with Crippen molar-refractivity contribution in [1.82, 2.24) is 25.1 Å². The number of rotatable bonds is 2. The average Bonchev–Trinajstić information content (AvgIpc) is 3.28. The van der Waals surface area contributed by atoms with Gasteiger partial charge in [-0.25, -0.2) is 9.97 Å². The molecule has 0 fully saturated rings. The topological polar surface area (TPSA) is 96.9 Å². The third kappa shape index (κ3) is 1.78. The molecule has 0 spiro atoms. The summed E-state index contributed by atoms with van der Waals surface area (Å²) in [7, 11) is 0. The van der Waals surface area contributed by atoms with Gasteiger partial charge in [-0.15, -0.1) is 5.10 Å². The summed E-state index contributed by atoms with van der Waals surface area (Å²) >= 11 is 0. The van der Waals surface area contributed by atoms with Gasteiger partial charge >= 0.3 is 6.01 Å². The van der Waals surface area contributed by atoms with Crippen LogP contribution in [-0.4, -0.2) is 25.1 Å². The van der Waals surface area contributed by atoms with Crippen molar-refractivity contribution < 1.29 is 8.83 Å². The Morgan fingerprint density at radius 1 is 1.22 bits per heavy atom. The van der Waals surface area contributed by atoms with E-state index >= 15 is 0 Å². The second-order valence-corrected chi connectivity index (χ2v) is 5.42. The first-order chi connectivity index (χ1) is 11.3. The zero-order valence-electron chi connectivity index (χ0n) is 12.2. The number of para-hydroxylation sites is 2. The summed E-state index contributed by atoms with van der Waals surface area (Å²) in [5.41, 5.74) is 3.42. The fourth-order valence-electron chi connectivity index (χ4n) is 2.94. The van der Waals surface area contributed by atoms with Crippen molar-refractivity contribution in [2.45, 2.75) is 19.5 Å². The molecule has 114 valence electrons. The molecule has 3 aromatic heterocycles. The van der Waals surface area contributed by atoms with Crippen molar-refractivity contribution in [3.8, 4) is 0 Å². The molecular weight excluding hydrogens is 296 g/mol. The van der Waals surface area contributed by atoms with Gasteiger partial charge in [0.1, 0.15) is 5.52 Å². The van der Waals surface area contributed by atoms with Gasteiger partial charge in [0, 0.05) is 6.92 Å². The number of hydrogen-bond acceptors (Lipinski definition) is 7. The van der Waals surface area contributed by atoms with Crippen LogP contribution in [0.1, 0.15) is 29.2 Å². The zero-order chi connectivity index (χ0) is 15.4. The maximum absolute atomic E-state index is 5.94. The summed E-state index contributed by atoms with van der Waals surface area (Å²) in [6.07, 6.45) is 1.68. The molecule has 0 saturated heterocycles. The molecule has 0 unspecified atom stereocenters. The molecule has 5 rings (SSSR count). The molecule has 0 radical (unpaired) electrons. The summed E-state index contributed by atoms with van der Waals surface area (Å²) in [5, 5.41) is 8.03. The molecule has 23 heavy (non-hydrogen) atoms. The number of nitrogens with one attached hydrogen (secondary N) is 1. The SMILES string of the molecule is Cc1nnc(N2Cc3[nH]cnc3[C@H]2c2nc3ccccc3o2)o1. The van der Waals surface area contributed by atoms with Gasteiger partial charge in [-0.1, -0.05) is 17.2 Å². The minimum atomic E-state index is -0.288. The average molecular weight is 308 g/mol. The summed E-state index contributed by atoms with van der Waals surface area (Å²) in [5.74, 6) is 1.08. The number of nitrogens with zero attached hydrogens (tertiary/aromatic N) is 5. The highest BCUT2D eigenvalue weighted by molar-refractivity contribution is 5.72. The molecule has 8 heteroatoms. The van der Waals surface area contributed by atoms with E-state index < -0.39 is 0 Å². The van der Waals surface area contributed by atoms with E-state index in [9.17, 15) is 0 Å². The number of H-pyrrole nitrogens is 1. The van der Waals surface area contributed by atoms with Crippen LogP contribution in [0.15, 0.2) is 39.4 Å². The largest absolute Gasteiger partial charge is 0.438 e. The van der Waals surface area contributed by atoms with Gasteiger partial charge in [0.05, 0.1) is 24.3 Å². The van der Waals surface area contributed by atoms with Crippen molar-refractivity contribution in [1.29, 1.82) is 0 Å². The lowest BCUT2D eigenvalue weighted by Crippen LogP contribution is -2.23. The number of aromatic amines is 1. The van der Waals surface area contributed by atoms with Crippen molar-refractivity contribution in [3.05, 3.63) is 53.8 Å². The summed E-state index contributed by atoms with van der Waals surface area (Å²) in [6.45, 7) is 2.35. The van der Waals surface area contributed by atoms with E-state index in [4.69, 9.17) is 8.83 Å². The van der Waals surface area contributed by atoms with Crippen molar-refractivity contribution in [3.63, 3.8) is 0 Å². The van der Waals surface area contributed by atoms with E-state index in [0.717, 1.165) is 22.5 Å². The van der Waals surface area contributed by atoms with Crippen LogP contribution >= 0.6 is 0 Å². The van der Waals surface area contributed by atoms with Crippen molar-refractivity contribution in [2.24, 2.45) is 0 Å². The molecule has 0 bridgehead atoms. The Morgan fingerprint density at radius 3 is 2.96 bits per heavy atom. The van der Waals surface area contributed by atoms with E-state index in [2.05, 4.69) is 25.1 Å². The minimum Gasteiger partial charge on any atom is -0.438 e. The van der Waals surface area contributed by atoms with Crippen LogP contribution in [0.25, 0.3) is 11.1 Å². The lowest BCUT2D eigenvalue weighted by molar-refractivity contribution is 0.454. The number of anilines is 1. The second kappa shape index (κ2) is 4.42. The number of oxazole rings is 1. The van der Waals surface area contributed by atoms with Gasteiger partial charge in [0.25, 0.3) is 0 Å². The normalized spacial score (nSPS) is 17.1. The van der Waals surface area contributed by atoms with Gasteiger partial charge in [-0.05, 0) is 12.1 Å². The maximum atomic E-state index is 5.94. The quantitative estimate of drug-likeness (QED) is 0.607. The molecule has 0 amide bonds. The Bertz CT molecular complexity index is 967. The fourth-order valence-corrected chi connectivity index (χ4v) is 2.94. The Balaban J connectivity index is 1.67. The van der Waals surface area contributed by atoms with Gasteiger partial charge < -0.3 is 18.7 Å². The molecule has 1 N–H and O–H groups in total. The lowest BCUT2D eigenvalue weighted by atomic mass is 10.2. The van der Waals surface area contributed by atoms with Crippen LogP contribution in [0.3, 0.4) is 0 Å². The summed E-state index contributed by atoms with van der Waals surface area (Å²) in [4.78, 5) is 14.1. The monoisotopic (exact) mass is 308 g/mol. The number of benzene rings is 1. The smallest absolute Gasteiger partial charge is 0.319 e. The number of hydrogen-bond donors (Lipinski definition) is 1. The van der Waals surface area contributed by atoms with Crippen LogP contribution in [0.4, 0.5) is 6.01 Å². The zero-order valence-corrected chi connectivity index (χ0v) is 12.2.